The van der Waals surface area contributed by atoms with E-state index in [-0.39, 0.29) is 6.03 Å². The second-order valence-electron chi connectivity index (χ2n) is 5.70. The molecule has 1 aliphatic rings. The smallest absolute Gasteiger partial charge is 0.324 e. The van der Waals surface area contributed by atoms with Gasteiger partial charge in [0.25, 0.3) is 0 Å². The van der Waals surface area contributed by atoms with Gasteiger partial charge in [0.05, 0.1) is 0 Å². The predicted molar refractivity (Wildman–Crippen MR) is 83.9 cm³/mol. The van der Waals surface area contributed by atoms with Crippen LogP contribution in [0.1, 0.15) is 33.1 Å². The van der Waals surface area contributed by atoms with Crippen molar-refractivity contribution in [1.29, 1.82) is 0 Å². The summed E-state index contributed by atoms with van der Waals surface area (Å²) < 4.78 is 0. The Kier molecular flexibility index (Phi) is 4.88. The summed E-state index contributed by atoms with van der Waals surface area (Å²) in [5, 5.41) is 0. The lowest BCUT2D eigenvalue weighted by Gasteiger charge is -2.35. The number of rotatable bonds is 3. The second-order valence-corrected chi connectivity index (χ2v) is 5.70. The van der Waals surface area contributed by atoms with E-state index in [1.807, 2.05) is 34.1 Å². The number of amides is 2. The molecule has 0 aromatic heterocycles. The van der Waals surface area contributed by atoms with Crippen molar-refractivity contribution in [2.45, 2.75) is 33.1 Å². The van der Waals surface area contributed by atoms with Gasteiger partial charge in [0.15, 0.2) is 0 Å². The lowest BCUT2D eigenvalue weighted by molar-refractivity contribution is 0.180. The molecule has 2 N–H and O–H groups in total. The summed E-state index contributed by atoms with van der Waals surface area (Å²) in [5.74, 6) is 0.728. The number of anilines is 2. The quantitative estimate of drug-likeness (QED) is 0.860. The van der Waals surface area contributed by atoms with Gasteiger partial charge in [-0.2, -0.15) is 0 Å². The predicted octanol–water partition coefficient (Wildman–Crippen LogP) is 3.34. The highest BCUT2D eigenvalue weighted by atomic mass is 16.2. The Labute approximate surface area is 121 Å². The van der Waals surface area contributed by atoms with E-state index in [2.05, 4.69) is 13.8 Å². The van der Waals surface area contributed by atoms with E-state index < -0.39 is 0 Å². The number of urea groups is 1. The third-order valence-electron chi connectivity index (χ3n) is 3.91. The number of carbonyl (C=O) groups is 1. The van der Waals surface area contributed by atoms with Crippen molar-refractivity contribution in [1.82, 2.24) is 4.90 Å². The van der Waals surface area contributed by atoms with E-state index in [4.69, 9.17) is 5.73 Å². The molecule has 1 aromatic carbocycles. The average molecular weight is 275 g/mol. The molecule has 1 saturated heterocycles. The molecule has 4 nitrogen and oxygen atoms in total. The summed E-state index contributed by atoms with van der Waals surface area (Å²) in [7, 11) is 0. The van der Waals surface area contributed by atoms with Crippen LogP contribution in [0.2, 0.25) is 0 Å². The molecule has 0 spiro atoms. The molecular weight excluding hydrogens is 250 g/mol. The van der Waals surface area contributed by atoms with Crippen molar-refractivity contribution in [3.05, 3.63) is 24.3 Å². The fraction of sp³-hybridized carbons (Fsp3) is 0.562. The van der Waals surface area contributed by atoms with Crippen LogP contribution in [0.5, 0.6) is 0 Å². The number of nitrogens with two attached hydrogens (primary N) is 1. The van der Waals surface area contributed by atoms with Crippen LogP contribution in [0.15, 0.2) is 24.3 Å². The van der Waals surface area contributed by atoms with Crippen molar-refractivity contribution in [2.24, 2.45) is 5.92 Å². The fourth-order valence-corrected chi connectivity index (χ4v) is 2.62. The van der Waals surface area contributed by atoms with Gasteiger partial charge >= 0.3 is 6.03 Å². The molecule has 0 aliphatic carbocycles. The van der Waals surface area contributed by atoms with Gasteiger partial charge in [-0.3, -0.25) is 4.90 Å². The first kappa shape index (κ1) is 14.7. The zero-order chi connectivity index (χ0) is 14.5. The minimum Gasteiger partial charge on any atom is -0.399 e. The Bertz CT molecular complexity index is 453. The standard InChI is InChI=1S/C16H25N3O/c1-3-9-19(15-6-4-5-14(17)12-15)16(20)18-10-7-13(2)8-11-18/h4-6,12-13H,3,7-11,17H2,1-2H3. The summed E-state index contributed by atoms with van der Waals surface area (Å²) in [4.78, 5) is 16.5. The first-order valence-electron chi connectivity index (χ1n) is 7.53. The number of likely N-dealkylation sites (tertiary alicyclic amines) is 1. The normalized spacial score (nSPS) is 16.2. The average Bonchev–Trinajstić information content (AvgIpc) is 2.45. The molecule has 0 unspecified atom stereocenters. The van der Waals surface area contributed by atoms with Crippen LogP contribution in [0, 0.1) is 5.92 Å². The van der Waals surface area contributed by atoms with Crippen molar-refractivity contribution in [3.8, 4) is 0 Å². The molecule has 2 rings (SSSR count). The number of carbonyl (C=O) groups excluding carboxylic acids is 1. The third-order valence-corrected chi connectivity index (χ3v) is 3.91. The van der Waals surface area contributed by atoms with Crippen molar-refractivity contribution < 1.29 is 4.79 Å². The highest BCUT2D eigenvalue weighted by Crippen LogP contribution is 2.22. The number of hydrogen-bond donors (Lipinski definition) is 1. The Morgan fingerprint density at radius 1 is 1.40 bits per heavy atom. The minimum absolute atomic E-state index is 0.115. The summed E-state index contributed by atoms with van der Waals surface area (Å²) in [6.07, 6.45) is 3.13. The van der Waals surface area contributed by atoms with Gasteiger partial charge < -0.3 is 10.6 Å². The van der Waals surface area contributed by atoms with E-state index in [0.29, 0.717) is 5.69 Å². The maximum atomic E-state index is 12.7. The van der Waals surface area contributed by atoms with Crippen LogP contribution in [0.3, 0.4) is 0 Å². The van der Waals surface area contributed by atoms with Crippen LogP contribution in [0.25, 0.3) is 0 Å². The first-order valence-corrected chi connectivity index (χ1v) is 7.53. The number of nitrogens with zero attached hydrogens (tertiary/aromatic N) is 2. The van der Waals surface area contributed by atoms with E-state index in [1.54, 1.807) is 0 Å². The van der Waals surface area contributed by atoms with E-state index in [1.165, 1.54) is 0 Å². The molecule has 4 heteroatoms. The second kappa shape index (κ2) is 6.64. The SMILES string of the molecule is CCCN(C(=O)N1CCC(C)CC1)c1cccc(N)c1. The highest BCUT2D eigenvalue weighted by Gasteiger charge is 2.25. The lowest BCUT2D eigenvalue weighted by atomic mass is 9.99. The molecule has 0 radical (unpaired) electrons. The van der Waals surface area contributed by atoms with Gasteiger partial charge in [0.1, 0.15) is 0 Å². The van der Waals surface area contributed by atoms with Gasteiger partial charge in [0, 0.05) is 31.0 Å². The maximum Gasteiger partial charge on any atom is 0.324 e. The summed E-state index contributed by atoms with van der Waals surface area (Å²) in [5.41, 5.74) is 7.43. The maximum absolute atomic E-state index is 12.7. The van der Waals surface area contributed by atoms with Crippen LogP contribution >= 0.6 is 0 Å². The number of nitrogen functional groups attached to an aromatic ring is 1. The summed E-state index contributed by atoms with van der Waals surface area (Å²) in [6.45, 7) is 6.80. The molecule has 0 atom stereocenters. The molecule has 1 fully saturated rings. The van der Waals surface area contributed by atoms with Crippen molar-refractivity contribution >= 4 is 17.4 Å². The molecule has 0 bridgehead atoms. The molecule has 1 heterocycles. The van der Waals surface area contributed by atoms with Crippen LogP contribution in [-0.2, 0) is 0 Å². The molecule has 1 aliphatic heterocycles. The van der Waals surface area contributed by atoms with Gasteiger partial charge in [-0.05, 0) is 43.4 Å². The van der Waals surface area contributed by atoms with Gasteiger partial charge in [-0.25, -0.2) is 4.79 Å². The highest BCUT2D eigenvalue weighted by molar-refractivity contribution is 5.92. The molecule has 0 saturated carbocycles. The summed E-state index contributed by atoms with van der Waals surface area (Å²) >= 11 is 0. The molecule has 110 valence electrons. The molecular formula is C16H25N3O. The van der Waals surface area contributed by atoms with Gasteiger partial charge in [0.2, 0.25) is 0 Å². The largest absolute Gasteiger partial charge is 0.399 e. The Balaban J connectivity index is 2.13. The monoisotopic (exact) mass is 275 g/mol. The third kappa shape index (κ3) is 3.44. The fourth-order valence-electron chi connectivity index (χ4n) is 2.62. The van der Waals surface area contributed by atoms with E-state index in [0.717, 1.165) is 50.5 Å². The van der Waals surface area contributed by atoms with Crippen molar-refractivity contribution in [2.75, 3.05) is 30.3 Å². The zero-order valence-electron chi connectivity index (χ0n) is 12.5. The zero-order valence-corrected chi connectivity index (χ0v) is 12.5. The minimum atomic E-state index is 0.115. The Hall–Kier alpha value is -1.71. The first-order chi connectivity index (χ1) is 9.61. The van der Waals surface area contributed by atoms with Gasteiger partial charge in [-0.1, -0.05) is 19.9 Å². The lowest BCUT2D eigenvalue weighted by Crippen LogP contribution is -2.47. The Morgan fingerprint density at radius 3 is 2.70 bits per heavy atom. The molecule has 1 aromatic rings. The van der Waals surface area contributed by atoms with E-state index in [9.17, 15) is 4.79 Å². The van der Waals surface area contributed by atoms with Crippen LogP contribution < -0.4 is 10.6 Å². The van der Waals surface area contributed by atoms with E-state index >= 15 is 0 Å². The number of piperidine rings is 1. The molecule has 2 amide bonds. The van der Waals surface area contributed by atoms with Crippen LogP contribution in [-0.4, -0.2) is 30.6 Å². The molecule has 20 heavy (non-hydrogen) atoms. The topological polar surface area (TPSA) is 49.6 Å². The van der Waals surface area contributed by atoms with Gasteiger partial charge in [-0.15, -0.1) is 0 Å². The van der Waals surface area contributed by atoms with Crippen LogP contribution in [0.4, 0.5) is 16.2 Å². The number of hydrogen-bond acceptors (Lipinski definition) is 2. The van der Waals surface area contributed by atoms with Crippen molar-refractivity contribution in [3.63, 3.8) is 0 Å². The Morgan fingerprint density at radius 2 is 2.10 bits per heavy atom. The number of benzene rings is 1. The summed E-state index contributed by atoms with van der Waals surface area (Å²) in [6, 6.07) is 7.69.